The van der Waals surface area contributed by atoms with Crippen molar-refractivity contribution in [3.8, 4) is 0 Å². The van der Waals surface area contributed by atoms with Crippen LogP contribution in [-0.4, -0.2) is 17.2 Å². The molecule has 1 saturated carbocycles. The van der Waals surface area contributed by atoms with Crippen LogP contribution in [0.25, 0.3) is 0 Å². The molecular formula is C10H17FO2. The molecule has 13 heavy (non-hydrogen) atoms. The van der Waals surface area contributed by atoms with E-state index in [1.165, 1.54) is 0 Å². The zero-order valence-electron chi connectivity index (χ0n) is 8.22. The summed E-state index contributed by atoms with van der Waals surface area (Å²) in [5.41, 5.74) is -0.694. The predicted molar refractivity (Wildman–Crippen MR) is 48.3 cm³/mol. The number of carbonyl (C=O) groups is 1. The second-order valence-electron chi connectivity index (χ2n) is 4.48. The fourth-order valence-electron chi connectivity index (χ4n) is 1.95. The third-order valence-electron chi connectivity index (χ3n) is 3.23. The van der Waals surface area contributed by atoms with Crippen LogP contribution >= 0.6 is 0 Å². The largest absolute Gasteiger partial charge is 0.481 e. The summed E-state index contributed by atoms with van der Waals surface area (Å²) in [6.45, 7) is 3.47. The molecule has 0 saturated heterocycles. The van der Waals surface area contributed by atoms with Gasteiger partial charge in [-0.15, -0.1) is 0 Å². The number of carboxylic acid groups (broad SMARTS) is 1. The molecule has 2 nitrogen and oxygen atoms in total. The fourth-order valence-corrected chi connectivity index (χ4v) is 1.95. The summed E-state index contributed by atoms with van der Waals surface area (Å²) in [7, 11) is 0. The lowest BCUT2D eigenvalue weighted by Crippen LogP contribution is -2.35. The van der Waals surface area contributed by atoms with Crippen molar-refractivity contribution >= 4 is 5.97 Å². The van der Waals surface area contributed by atoms with E-state index in [1.54, 1.807) is 13.8 Å². The van der Waals surface area contributed by atoms with Crippen LogP contribution in [0.4, 0.5) is 4.39 Å². The molecule has 3 heteroatoms. The molecule has 1 N–H and O–H groups in total. The van der Waals surface area contributed by atoms with E-state index < -0.39 is 17.6 Å². The van der Waals surface area contributed by atoms with E-state index in [4.69, 9.17) is 5.11 Å². The Balaban J connectivity index is 2.58. The normalized spacial score (nSPS) is 30.1. The van der Waals surface area contributed by atoms with Gasteiger partial charge in [0.25, 0.3) is 0 Å². The predicted octanol–water partition coefficient (Wildman–Crippen LogP) is 2.63. The molecule has 76 valence electrons. The lowest BCUT2D eigenvalue weighted by Gasteiger charge is -2.34. The van der Waals surface area contributed by atoms with Crippen molar-refractivity contribution in [2.24, 2.45) is 11.3 Å². The van der Waals surface area contributed by atoms with Crippen molar-refractivity contribution in [1.82, 2.24) is 0 Å². The van der Waals surface area contributed by atoms with E-state index in [0.29, 0.717) is 25.7 Å². The molecule has 0 unspecified atom stereocenters. The van der Waals surface area contributed by atoms with Gasteiger partial charge in [0.1, 0.15) is 6.17 Å². The molecule has 0 aromatic rings. The van der Waals surface area contributed by atoms with Crippen molar-refractivity contribution in [3.05, 3.63) is 0 Å². The van der Waals surface area contributed by atoms with Gasteiger partial charge in [0, 0.05) is 0 Å². The Morgan fingerprint density at radius 2 is 1.77 bits per heavy atom. The smallest absolute Gasteiger partial charge is 0.309 e. The molecule has 0 heterocycles. The molecule has 1 fully saturated rings. The second-order valence-corrected chi connectivity index (χ2v) is 4.48. The summed E-state index contributed by atoms with van der Waals surface area (Å²) in [6.07, 6.45) is 1.77. The van der Waals surface area contributed by atoms with Gasteiger partial charge in [0.15, 0.2) is 0 Å². The zero-order chi connectivity index (χ0) is 10.1. The Morgan fingerprint density at radius 1 is 1.31 bits per heavy atom. The number of halogens is 1. The molecule has 0 aromatic carbocycles. The number of alkyl halides is 1. The average molecular weight is 188 g/mol. The van der Waals surface area contributed by atoms with Gasteiger partial charge < -0.3 is 5.11 Å². The number of aliphatic carboxylic acids is 1. The molecule has 0 aromatic heterocycles. The van der Waals surface area contributed by atoms with Gasteiger partial charge in [0.05, 0.1) is 5.41 Å². The molecule has 0 bridgehead atoms. The van der Waals surface area contributed by atoms with Gasteiger partial charge >= 0.3 is 5.97 Å². The number of rotatable bonds is 2. The van der Waals surface area contributed by atoms with Crippen LogP contribution in [0.1, 0.15) is 39.5 Å². The third kappa shape index (κ3) is 2.20. The number of hydrogen-bond donors (Lipinski definition) is 1. The van der Waals surface area contributed by atoms with Crippen LogP contribution in [0, 0.1) is 11.3 Å². The first-order valence-electron chi connectivity index (χ1n) is 4.82. The molecule has 0 aliphatic heterocycles. The fraction of sp³-hybridized carbons (Fsp3) is 0.900. The molecule has 0 spiro atoms. The van der Waals surface area contributed by atoms with Gasteiger partial charge in [-0.2, -0.15) is 0 Å². The molecule has 0 amide bonds. The van der Waals surface area contributed by atoms with E-state index >= 15 is 0 Å². The van der Waals surface area contributed by atoms with Crippen molar-refractivity contribution in [3.63, 3.8) is 0 Å². The highest BCUT2D eigenvalue weighted by Gasteiger charge is 2.38. The standard InChI is InChI=1S/C10H17FO2/c1-10(2,9(12)13)7-3-5-8(11)6-4-7/h7-8H,3-6H2,1-2H3,(H,12,13). The summed E-state index contributed by atoms with van der Waals surface area (Å²) in [5.74, 6) is -0.633. The Morgan fingerprint density at radius 3 is 2.15 bits per heavy atom. The third-order valence-corrected chi connectivity index (χ3v) is 3.23. The maximum Gasteiger partial charge on any atom is 0.309 e. The van der Waals surface area contributed by atoms with Gasteiger partial charge in [0.2, 0.25) is 0 Å². The molecule has 1 aliphatic carbocycles. The summed E-state index contributed by atoms with van der Waals surface area (Å²) in [4.78, 5) is 10.9. The van der Waals surface area contributed by atoms with Crippen molar-refractivity contribution < 1.29 is 14.3 Å². The van der Waals surface area contributed by atoms with E-state index in [1.807, 2.05) is 0 Å². The quantitative estimate of drug-likeness (QED) is 0.723. The van der Waals surface area contributed by atoms with Gasteiger partial charge in [-0.05, 0) is 45.4 Å². The van der Waals surface area contributed by atoms with Crippen molar-refractivity contribution in [1.29, 1.82) is 0 Å². The molecule has 1 rings (SSSR count). The van der Waals surface area contributed by atoms with Gasteiger partial charge in [-0.25, -0.2) is 4.39 Å². The lowest BCUT2D eigenvalue weighted by atomic mass is 9.71. The van der Waals surface area contributed by atoms with Crippen molar-refractivity contribution in [2.75, 3.05) is 0 Å². The minimum atomic E-state index is -0.769. The van der Waals surface area contributed by atoms with Crippen LogP contribution in [0.3, 0.4) is 0 Å². The molecule has 0 atom stereocenters. The van der Waals surface area contributed by atoms with Crippen LogP contribution in [0.15, 0.2) is 0 Å². The topological polar surface area (TPSA) is 37.3 Å². The minimum Gasteiger partial charge on any atom is -0.481 e. The molecular weight excluding hydrogens is 171 g/mol. The zero-order valence-corrected chi connectivity index (χ0v) is 8.22. The van der Waals surface area contributed by atoms with Crippen molar-refractivity contribution in [2.45, 2.75) is 45.7 Å². The lowest BCUT2D eigenvalue weighted by molar-refractivity contribution is -0.151. The van der Waals surface area contributed by atoms with Gasteiger partial charge in [-0.3, -0.25) is 4.79 Å². The maximum absolute atomic E-state index is 12.8. The van der Waals surface area contributed by atoms with Gasteiger partial charge in [-0.1, -0.05) is 0 Å². The van der Waals surface area contributed by atoms with E-state index in [0.717, 1.165) is 0 Å². The summed E-state index contributed by atoms with van der Waals surface area (Å²) < 4.78 is 12.8. The monoisotopic (exact) mass is 188 g/mol. The first kappa shape index (κ1) is 10.5. The highest BCUT2D eigenvalue weighted by atomic mass is 19.1. The van der Waals surface area contributed by atoms with Crippen LogP contribution in [0.5, 0.6) is 0 Å². The second kappa shape index (κ2) is 3.64. The Hall–Kier alpha value is -0.600. The summed E-state index contributed by atoms with van der Waals surface area (Å²) >= 11 is 0. The number of carboxylic acids is 1. The van der Waals surface area contributed by atoms with Crippen LogP contribution < -0.4 is 0 Å². The highest BCUT2D eigenvalue weighted by Crippen LogP contribution is 2.39. The SMILES string of the molecule is CC(C)(C(=O)O)C1CCC(F)CC1. The Kier molecular flexibility index (Phi) is 2.94. The molecule has 0 radical (unpaired) electrons. The Bertz CT molecular complexity index is 193. The highest BCUT2D eigenvalue weighted by molar-refractivity contribution is 5.74. The number of hydrogen-bond acceptors (Lipinski definition) is 1. The van der Waals surface area contributed by atoms with E-state index in [2.05, 4.69) is 0 Å². The summed E-state index contributed by atoms with van der Waals surface area (Å²) in [5, 5.41) is 8.97. The molecule has 1 aliphatic rings. The first-order valence-corrected chi connectivity index (χ1v) is 4.82. The first-order chi connectivity index (χ1) is 5.94. The van der Waals surface area contributed by atoms with E-state index in [9.17, 15) is 9.18 Å². The average Bonchev–Trinajstić information content (AvgIpc) is 2.04. The van der Waals surface area contributed by atoms with Crippen LogP contribution in [-0.2, 0) is 4.79 Å². The van der Waals surface area contributed by atoms with Crippen LogP contribution in [0.2, 0.25) is 0 Å². The Labute approximate surface area is 78.1 Å². The summed E-state index contributed by atoms with van der Waals surface area (Å²) in [6, 6.07) is 0. The van der Waals surface area contributed by atoms with E-state index in [-0.39, 0.29) is 5.92 Å². The minimum absolute atomic E-state index is 0.136. The maximum atomic E-state index is 12.8.